The lowest BCUT2D eigenvalue weighted by Gasteiger charge is -2.19. The van der Waals surface area contributed by atoms with Crippen LogP contribution >= 0.6 is 7.92 Å². The van der Waals surface area contributed by atoms with Gasteiger partial charge in [-0.25, -0.2) is 0 Å². The zero-order chi connectivity index (χ0) is 27.6. The predicted octanol–water partition coefficient (Wildman–Crippen LogP) is 9.91. The lowest BCUT2D eigenvalue weighted by molar-refractivity contribution is 0.669. The summed E-state index contributed by atoms with van der Waals surface area (Å²) < 4.78 is 6.38. The molecule has 196 valence electrons. The SMILES string of the molecule is c1ccc(P(c2ccccc2)c2ccc3oc4ccc(-c5ccc6ccc7cccc8ccc5c6c78)cc4c3c2)cc1. The van der Waals surface area contributed by atoms with Gasteiger partial charge in [0, 0.05) is 10.8 Å². The Balaban J connectivity index is 1.25. The van der Waals surface area contributed by atoms with Gasteiger partial charge in [-0.1, -0.05) is 127 Å². The predicted molar refractivity (Wildman–Crippen MR) is 182 cm³/mol. The van der Waals surface area contributed by atoms with Gasteiger partial charge in [-0.3, -0.25) is 0 Å². The summed E-state index contributed by atoms with van der Waals surface area (Å²) in [7, 11) is -0.696. The summed E-state index contributed by atoms with van der Waals surface area (Å²) in [5.74, 6) is 0. The lowest BCUT2D eigenvalue weighted by Crippen LogP contribution is -2.20. The topological polar surface area (TPSA) is 13.1 Å². The molecule has 0 spiro atoms. The van der Waals surface area contributed by atoms with E-state index in [0.29, 0.717) is 0 Å². The minimum Gasteiger partial charge on any atom is -0.456 e. The fourth-order valence-corrected chi connectivity index (χ4v) is 8.98. The van der Waals surface area contributed by atoms with E-state index in [0.717, 1.165) is 16.6 Å². The second-order valence-corrected chi connectivity index (χ2v) is 13.2. The van der Waals surface area contributed by atoms with Crippen molar-refractivity contribution in [2.75, 3.05) is 0 Å². The number of furan rings is 1. The Morgan fingerprint density at radius 3 is 1.69 bits per heavy atom. The molecule has 0 saturated heterocycles. The van der Waals surface area contributed by atoms with Crippen LogP contribution in [0.2, 0.25) is 0 Å². The van der Waals surface area contributed by atoms with E-state index in [2.05, 4.69) is 152 Å². The van der Waals surface area contributed by atoms with Crippen molar-refractivity contribution in [3.05, 3.63) is 152 Å². The Morgan fingerprint density at radius 2 is 0.976 bits per heavy atom. The number of hydrogen-bond acceptors (Lipinski definition) is 1. The van der Waals surface area contributed by atoms with E-state index >= 15 is 0 Å². The Hall–Kier alpha value is -4.97. The van der Waals surface area contributed by atoms with Gasteiger partial charge >= 0.3 is 0 Å². The first kappa shape index (κ1) is 23.7. The van der Waals surface area contributed by atoms with Crippen LogP contribution in [0.1, 0.15) is 0 Å². The van der Waals surface area contributed by atoms with Crippen molar-refractivity contribution in [2.45, 2.75) is 0 Å². The normalized spacial score (nSPS) is 12.0. The van der Waals surface area contributed by atoms with E-state index < -0.39 is 7.92 Å². The third-order valence-electron chi connectivity index (χ3n) is 8.58. The molecule has 0 fully saturated rings. The van der Waals surface area contributed by atoms with Crippen LogP contribution in [0.4, 0.5) is 0 Å². The molecule has 0 aliphatic carbocycles. The van der Waals surface area contributed by atoms with E-state index in [9.17, 15) is 0 Å². The van der Waals surface area contributed by atoms with E-state index in [1.54, 1.807) is 0 Å². The van der Waals surface area contributed by atoms with Crippen LogP contribution in [0.25, 0.3) is 65.4 Å². The second kappa shape index (κ2) is 9.28. The van der Waals surface area contributed by atoms with Crippen LogP contribution in [0, 0.1) is 0 Å². The highest BCUT2D eigenvalue weighted by atomic mass is 31.1. The Kier molecular flexibility index (Phi) is 5.24. The number of fused-ring (bicyclic) bond motifs is 3. The van der Waals surface area contributed by atoms with Crippen LogP contribution in [-0.2, 0) is 0 Å². The summed E-state index contributed by atoms with van der Waals surface area (Å²) in [5, 5.41) is 14.2. The zero-order valence-electron chi connectivity index (χ0n) is 22.8. The maximum absolute atomic E-state index is 6.38. The van der Waals surface area contributed by atoms with Crippen LogP contribution < -0.4 is 15.9 Å². The van der Waals surface area contributed by atoms with Crippen molar-refractivity contribution in [1.82, 2.24) is 0 Å². The van der Waals surface area contributed by atoms with Gasteiger partial charge in [0.15, 0.2) is 0 Å². The average Bonchev–Trinajstić information content (AvgIpc) is 3.42. The van der Waals surface area contributed by atoms with Gasteiger partial charge in [0.05, 0.1) is 0 Å². The smallest absolute Gasteiger partial charge is 0.135 e. The van der Waals surface area contributed by atoms with Crippen LogP contribution in [0.5, 0.6) is 0 Å². The van der Waals surface area contributed by atoms with Crippen LogP contribution in [0.15, 0.2) is 156 Å². The van der Waals surface area contributed by atoms with E-state index in [4.69, 9.17) is 4.42 Å². The first-order valence-corrected chi connectivity index (χ1v) is 15.7. The summed E-state index contributed by atoms with van der Waals surface area (Å²) in [6, 6.07) is 55.4. The zero-order valence-corrected chi connectivity index (χ0v) is 23.7. The molecule has 0 aliphatic heterocycles. The van der Waals surface area contributed by atoms with Crippen molar-refractivity contribution in [3.8, 4) is 11.1 Å². The Bertz CT molecular complexity index is 2350. The summed E-state index contributed by atoms with van der Waals surface area (Å²) >= 11 is 0. The number of rotatable bonds is 4. The highest BCUT2D eigenvalue weighted by molar-refractivity contribution is 7.79. The van der Waals surface area contributed by atoms with Gasteiger partial charge in [-0.05, 0) is 91.5 Å². The maximum atomic E-state index is 6.38. The molecular weight excluding hydrogens is 527 g/mol. The van der Waals surface area contributed by atoms with Crippen molar-refractivity contribution < 1.29 is 4.42 Å². The lowest BCUT2D eigenvalue weighted by atomic mass is 9.89. The van der Waals surface area contributed by atoms with Gasteiger partial charge in [0.1, 0.15) is 11.2 Å². The minimum atomic E-state index is -0.696. The third kappa shape index (κ3) is 3.61. The van der Waals surface area contributed by atoms with E-state index in [1.807, 2.05) is 0 Å². The fraction of sp³-hybridized carbons (Fsp3) is 0. The minimum absolute atomic E-state index is 0.696. The molecule has 2 heteroatoms. The van der Waals surface area contributed by atoms with Gasteiger partial charge < -0.3 is 4.42 Å². The molecule has 0 amide bonds. The molecule has 9 rings (SSSR count). The molecule has 0 atom stereocenters. The standard InChI is InChI=1S/C40H25OP/c1-3-10-30(11-4-1)42(31-12-5-2-6-13-31)32-19-23-38-36(25-32)35-24-29(18-22-37(35)41-38)33-20-16-28-15-14-26-8-7-9-27-17-21-34(33)40(28)39(26)27/h1-25H. The van der Waals surface area contributed by atoms with Crippen molar-refractivity contribution in [1.29, 1.82) is 0 Å². The second-order valence-electron chi connectivity index (χ2n) is 11.0. The third-order valence-corrected chi connectivity index (χ3v) is 11.0. The number of benzene rings is 8. The highest BCUT2D eigenvalue weighted by Crippen LogP contribution is 2.41. The average molecular weight is 553 g/mol. The highest BCUT2D eigenvalue weighted by Gasteiger charge is 2.19. The molecule has 9 aromatic rings. The van der Waals surface area contributed by atoms with Crippen molar-refractivity contribution >= 4 is 78.1 Å². The van der Waals surface area contributed by atoms with Gasteiger partial charge in [0.25, 0.3) is 0 Å². The molecule has 0 bridgehead atoms. The fourth-order valence-electron chi connectivity index (χ4n) is 6.66. The first-order chi connectivity index (χ1) is 20.8. The molecule has 42 heavy (non-hydrogen) atoms. The van der Waals surface area contributed by atoms with Crippen LogP contribution in [-0.4, -0.2) is 0 Å². The largest absolute Gasteiger partial charge is 0.456 e. The molecule has 0 aliphatic rings. The molecule has 1 nitrogen and oxygen atoms in total. The molecule has 8 aromatic carbocycles. The van der Waals surface area contributed by atoms with E-state index in [-0.39, 0.29) is 0 Å². The monoisotopic (exact) mass is 552 g/mol. The van der Waals surface area contributed by atoms with Crippen molar-refractivity contribution in [2.24, 2.45) is 0 Å². The van der Waals surface area contributed by atoms with Gasteiger partial charge in [-0.15, -0.1) is 0 Å². The molecule has 0 unspecified atom stereocenters. The van der Waals surface area contributed by atoms with Gasteiger partial charge in [-0.2, -0.15) is 0 Å². The Labute approximate surface area is 244 Å². The molecule has 0 radical (unpaired) electrons. The van der Waals surface area contributed by atoms with Gasteiger partial charge in [0.2, 0.25) is 0 Å². The summed E-state index contributed by atoms with van der Waals surface area (Å²) in [5.41, 5.74) is 4.32. The summed E-state index contributed by atoms with van der Waals surface area (Å²) in [4.78, 5) is 0. The molecule has 1 aromatic heterocycles. The molecule has 1 heterocycles. The van der Waals surface area contributed by atoms with Crippen molar-refractivity contribution in [3.63, 3.8) is 0 Å². The molecule has 0 N–H and O–H groups in total. The quantitative estimate of drug-likeness (QED) is 0.156. The number of hydrogen-bond donors (Lipinski definition) is 0. The van der Waals surface area contributed by atoms with E-state index in [1.165, 1.54) is 64.7 Å². The first-order valence-electron chi connectivity index (χ1n) is 14.4. The molecule has 0 saturated carbocycles. The summed E-state index contributed by atoms with van der Waals surface area (Å²) in [6.07, 6.45) is 0. The van der Waals surface area contributed by atoms with Crippen LogP contribution in [0.3, 0.4) is 0 Å². The summed E-state index contributed by atoms with van der Waals surface area (Å²) in [6.45, 7) is 0. The maximum Gasteiger partial charge on any atom is 0.135 e. The Morgan fingerprint density at radius 1 is 0.381 bits per heavy atom. The molecular formula is C40H25OP.